The van der Waals surface area contributed by atoms with Gasteiger partial charge in [0.25, 0.3) is 0 Å². The molecule has 0 atom stereocenters. The van der Waals surface area contributed by atoms with Gasteiger partial charge in [-0.2, -0.15) is 0 Å². The van der Waals surface area contributed by atoms with E-state index in [9.17, 15) is 9.90 Å². The number of rotatable bonds is 5. The Balaban J connectivity index is 2.40. The number of carboxylic acids is 1. The Morgan fingerprint density at radius 3 is 2.33 bits per heavy atom. The second-order valence-corrected chi connectivity index (χ2v) is 7.05. The lowest BCUT2D eigenvalue weighted by molar-refractivity contribution is -0.145. The average molecular weight is 353 g/mol. The van der Waals surface area contributed by atoms with Gasteiger partial charge in [0.2, 0.25) is 0 Å². The summed E-state index contributed by atoms with van der Waals surface area (Å²) in [6, 6.07) is 6.25. The van der Waals surface area contributed by atoms with Gasteiger partial charge in [0.05, 0.1) is 5.41 Å². The van der Waals surface area contributed by atoms with Gasteiger partial charge < -0.3 is 5.11 Å². The van der Waals surface area contributed by atoms with Crippen LogP contribution in [0.4, 0.5) is 0 Å². The smallest absolute Gasteiger partial charge is 0.314 e. The summed E-state index contributed by atoms with van der Waals surface area (Å²) in [6.45, 7) is 4.41. The molecule has 0 amide bonds. The second-order valence-electron chi connectivity index (χ2n) is 6.20. The lowest BCUT2D eigenvalue weighted by Crippen LogP contribution is -2.37. The van der Waals surface area contributed by atoms with Crippen LogP contribution in [0.5, 0.6) is 0 Å². The molecule has 1 aliphatic carbocycles. The molecular formula is C18H25BrO2. The fourth-order valence-electron chi connectivity index (χ4n) is 3.67. The zero-order chi connectivity index (χ0) is 15.5. The highest BCUT2D eigenvalue weighted by molar-refractivity contribution is 9.10. The summed E-state index contributed by atoms with van der Waals surface area (Å²) in [5.74, 6) is -0.120. The topological polar surface area (TPSA) is 37.3 Å². The molecule has 0 spiro atoms. The molecule has 0 heterocycles. The fraction of sp³-hybridized carbons (Fsp3) is 0.611. The summed E-state index contributed by atoms with van der Waals surface area (Å²) < 4.78 is 1.07. The number of carbonyl (C=O) groups is 1. The minimum atomic E-state index is -0.673. The van der Waals surface area contributed by atoms with Crippen molar-refractivity contribution in [3.8, 4) is 0 Å². The molecule has 2 rings (SSSR count). The van der Waals surface area contributed by atoms with E-state index in [1.54, 1.807) is 0 Å². The van der Waals surface area contributed by atoms with Crippen molar-refractivity contribution in [1.82, 2.24) is 0 Å². The Bertz CT molecular complexity index is 500. The van der Waals surface area contributed by atoms with Crippen LogP contribution in [0.15, 0.2) is 22.7 Å². The first-order chi connectivity index (χ1) is 10.0. The van der Waals surface area contributed by atoms with E-state index < -0.39 is 11.4 Å². The third kappa shape index (κ3) is 3.18. The van der Waals surface area contributed by atoms with E-state index >= 15 is 0 Å². The summed E-state index contributed by atoms with van der Waals surface area (Å²) in [7, 11) is 0. The van der Waals surface area contributed by atoms with Gasteiger partial charge in [0.1, 0.15) is 0 Å². The van der Waals surface area contributed by atoms with Crippen LogP contribution < -0.4 is 0 Å². The van der Waals surface area contributed by atoms with Crippen molar-refractivity contribution in [2.24, 2.45) is 0 Å². The van der Waals surface area contributed by atoms with Gasteiger partial charge in [-0.15, -0.1) is 0 Å². The van der Waals surface area contributed by atoms with E-state index in [1.165, 1.54) is 5.56 Å². The molecule has 2 nitrogen and oxygen atoms in total. The summed E-state index contributed by atoms with van der Waals surface area (Å²) in [6.07, 6.45) is 6.92. The Hall–Kier alpha value is -0.830. The molecular weight excluding hydrogens is 328 g/mol. The number of carboxylic acid groups (broad SMARTS) is 1. The average Bonchev–Trinajstić information content (AvgIpc) is 2.50. The van der Waals surface area contributed by atoms with E-state index in [0.29, 0.717) is 5.92 Å². The van der Waals surface area contributed by atoms with Gasteiger partial charge >= 0.3 is 5.97 Å². The molecule has 1 aromatic rings. The van der Waals surface area contributed by atoms with Crippen molar-refractivity contribution in [2.75, 3.05) is 0 Å². The molecule has 0 bridgehead atoms. The highest BCUT2D eigenvalue weighted by atomic mass is 79.9. The van der Waals surface area contributed by atoms with Crippen molar-refractivity contribution < 1.29 is 9.90 Å². The highest BCUT2D eigenvalue weighted by Gasteiger charge is 2.41. The van der Waals surface area contributed by atoms with E-state index in [4.69, 9.17) is 0 Å². The standard InChI is InChI=1S/C18H25BrO2/c1-3-13(4-2)15-9-8-14(12-16(15)19)18(17(20)21)10-6-5-7-11-18/h8-9,12-13H,3-7,10-11H2,1-2H3,(H,20,21). The monoisotopic (exact) mass is 352 g/mol. The Morgan fingerprint density at radius 2 is 1.86 bits per heavy atom. The molecule has 1 fully saturated rings. The first-order valence-electron chi connectivity index (χ1n) is 8.08. The van der Waals surface area contributed by atoms with Crippen LogP contribution in [0.3, 0.4) is 0 Å². The Morgan fingerprint density at radius 1 is 1.24 bits per heavy atom. The zero-order valence-electron chi connectivity index (χ0n) is 13.0. The van der Waals surface area contributed by atoms with Crippen LogP contribution in [-0.2, 0) is 10.2 Å². The maximum atomic E-state index is 11.9. The van der Waals surface area contributed by atoms with Gasteiger partial charge in [-0.3, -0.25) is 4.79 Å². The van der Waals surface area contributed by atoms with Crippen LogP contribution in [0.25, 0.3) is 0 Å². The fourth-order valence-corrected chi connectivity index (χ4v) is 4.37. The predicted octanol–water partition coefficient (Wildman–Crippen LogP) is 5.64. The maximum Gasteiger partial charge on any atom is 0.314 e. The largest absolute Gasteiger partial charge is 0.481 e. The minimum absolute atomic E-state index is 0.542. The summed E-state index contributed by atoms with van der Waals surface area (Å²) in [5.41, 5.74) is 1.60. The summed E-state index contributed by atoms with van der Waals surface area (Å²) >= 11 is 3.68. The Kier molecular flexibility index (Phi) is 5.48. The van der Waals surface area contributed by atoms with Gasteiger partial charge in [-0.05, 0) is 48.8 Å². The Labute approximate surface area is 136 Å². The molecule has 1 aliphatic rings. The number of halogens is 1. The molecule has 0 aromatic heterocycles. The van der Waals surface area contributed by atoms with Crippen molar-refractivity contribution in [2.45, 2.75) is 70.1 Å². The van der Waals surface area contributed by atoms with E-state index in [-0.39, 0.29) is 0 Å². The first-order valence-corrected chi connectivity index (χ1v) is 8.87. The molecule has 1 saturated carbocycles. The summed E-state index contributed by atoms with van der Waals surface area (Å²) in [4.78, 5) is 11.9. The van der Waals surface area contributed by atoms with Crippen molar-refractivity contribution >= 4 is 21.9 Å². The molecule has 0 unspecified atom stereocenters. The van der Waals surface area contributed by atoms with Gasteiger partial charge in [-0.1, -0.05) is 61.2 Å². The van der Waals surface area contributed by atoms with Crippen LogP contribution >= 0.6 is 15.9 Å². The number of benzene rings is 1. The maximum absolute atomic E-state index is 11.9. The normalized spacial score (nSPS) is 17.9. The molecule has 0 radical (unpaired) electrons. The molecule has 0 aliphatic heterocycles. The van der Waals surface area contributed by atoms with E-state index in [0.717, 1.165) is 55.0 Å². The van der Waals surface area contributed by atoms with E-state index in [2.05, 4.69) is 48.0 Å². The first kappa shape index (κ1) is 16.5. The van der Waals surface area contributed by atoms with Crippen molar-refractivity contribution in [3.05, 3.63) is 33.8 Å². The quantitative estimate of drug-likeness (QED) is 0.744. The predicted molar refractivity (Wildman–Crippen MR) is 89.9 cm³/mol. The summed E-state index contributed by atoms with van der Waals surface area (Å²) in [5, 5.41) is 9.79. The number of hydrogen-bond acceptors (Lipinski definition) is 1. The molecule has 1 aromatic carbocycles. The van der Waals surface area contributed by atoms with Crippen LogP contribution in [0, 0.1) is 0 Å². The van der Waals surface area contributed by atoms with Crippen LogP contribution in [-0.4, -0.2) is 11.1 Å². The lowest BCUT2D eigenvalue weighted by atomic mass is 9.69. The lowest BCUT2D eigenvalue weighted by Gasteiger charge is -2.34. The molecule has 0 saturated heterocycles. The number of aliphatic carboxylic acids is 1. The van der Waals surface area contributed by atoms with Crippen molar-refractivity contribution in [3.63, 3.8) is 0 Å². The van der Waals surface area contributed by atoms with Gasteiger partial charge in [0, 0.05) is 4.47 Å². The molecule has 116 valence electrons. The van der Waals surface area contributed by atoms with Crippen molar-refractivity contribution in [1.29, 1.82) is 0 Å². The highest BCUT2D eigenvalue weighted by Crippen LogP contribution is 2.42. The third-order valence-electron chi connectivity index (χ3n) is 5.09. The third-order valence-corrected chi connectivity index (χ3v) is 5.78. The minimum Gasteiger partial charge on any atom is -0.481 e. The molecule has 3 heteroatoms. The van der Waals surface area contributed by atoms with Gasteiger partial charge in [0.15, 0.2) is 0 Å². The van der Waals surface area contributed by atoms with E-state index in [1.807, 2.05) is 0 Å². The van der Waals surface area contributed by atoms with Gasteiger partial charge in [-0.25, -0.2) is 0 Å². The number of hydrogen-bond donors (Lipinski definition) is 1. The second kappa shape index (κ2) is 6.95. The molecule has 21 heavy (non-hydrogen) atoms. The van der Waals surface area contributed by atoms with Crippen LogP contribution in [0.1, 0.15) is 75.8 Å². The SMILES string of the molecule is CCC(CC)c1ccc(C2(C(=O)O)CCCCC2)cc1Br. The zero-order valence-corrected chi connectivity index (χ0v) is 14.6. The molecule has 1 N–H and O–H groups in total. The van der Waals surface area contributed by atoms with Crippen LogP contribution in [0.2, 0.25) is 0 Å².